The molecule has 0 saturated heterocycles. The highest BCUT2D eigenvalue weighted by molar-refractivity contribution is 5.92. The highest BCUT2D eigenvalue weighted by Gasteiger charge is 2.34. The van der Waals surface area contributed by atoms with Gasteiger partial charge < -0.3 is 41.2 Å². The van der Waals surface area contributed by atoms with Crippen LogP contribution in [-0.4, -0.2) is 84.2 Å². The first-order valence-corrected chi connectivity index (χ1v) is 18.6. The van der Waals surface area contributed by atoms with Crippen molar-refractivity contribution in [3.63, 3.8) is 0 Å². The molecule has 6 N–H and O–H groups in total. The standard InChI is InChI=1S/C40H59N5O9/c1-9-16-30(37(49)44-33(24(2)3)38(50)45-34(25(4)5)39(51)53-8)22-32(46)31(21-28-17-12-10-13-18-28)43-36(48)26(6)41-35(47)27(7)42-40(52)54-23-29-19-14-11-15-20-29/h10-15,17-20,24-27,30-34,46H,9,16,21-23H2,1-8H3,(H,41,47)(H,42,52)(H,43,48)(H,44,49)(H,45,50)/t26-,27-,30+,31-,32-,33-,34-/m0/s1. The first-order valence-electron chi connectivity index (χ1n) is 18.6. The van der Waals surface area contributed by atoms with Gasteiger partial charge in [0.15, 0.2) is 0 Å². The molecule has 0 aliphatic carbocycles. The van der Waals surface area contributed by atoms with Crippen LogP contribution in [0.5, 0.6) is 0 Å². The number of carbonyl (C=O) groups excluding carboxylic acids is 6. The SMILES string of the molecule is CCC[C@H](C[C@H](O)[C@H](Cc1ccccc1)NC(=O)[C@H](C)NC(=O)[C@H](C)NC(=O)OCc1ccccc1)C(=O)N[C@H](C(=O)N[C@H](C(=O)OC)C(C)C)C(C)C. The molecule has 0 unspecified atom stereocenters. The van der Waals surface area contributed by atoms with Crippen LogP contribution < -0.4 is 26.6 Å². The lowest BCUT2D eigenvalue weighted by molar-refractivity contribution is -0.147. The lowest BCUT2D eigenvalue weighted by Gasteiger charge is -2.30. The molecule has 0 spiro atoms. The number of aliphatic hydroxyl groups excluding tert-OH is 1. The van der Waals surface area contributed by atoms with Gasteiger partial charge in [0.2, 0.25) is 23.6 Å². The Morgan fingerprint density at radius 2 is 1.17 bits per heavy atom. The number of rotatable bonds is 21. The van der Waals surface area contributed by atoms with Crippen LogP contribution in [-0.2, 0) is 46.5 Å². The fraction of sp³-hybridized carbons (Fsp3) is 0.550. The summed E-state index contributed by atoms with van der Waals surface area (Å²) >= 11 is 0. The summed E-state index contributed by atoms with van der Waals surface area (Å²) < 4.78 is 10.0. The first kappa shape index (κ1) is 45.2. The maximum absolute atomic E-state index is 13.7. The zero-order chi connectivity index (χ0) is 40.4. The molecule has 7 atom stereocenters. The van der Waals surface area contributed by atoms with Gasteiger partial charge in [0.05, 0.1) is 19.3 Å². The molecule has 14 nitrogen and oxygen atoms in total. The van der Waals surface area contributed by atoms with Crippen molar-refractivity contribution in [3.8, 4) is 0 Å². The van der Waals surface area contributed by atoms with Crippen LogP contribution in [0.2, 0.25) is 0 Å². The maximum atomic E-state index is 13.7. The van der Waals surface area contributed by atoms with E-state index in [9.17, 15) is 33.9 Å². The summed E-state index contributed by atoms with van der Waals surface area (Å²) in [5.41, 5.74) is 1.60. The minimum atomic E-state index is -1.20. The highest BCUT2D eigenvalue weighted by Crippen LogP contribution is 2.20. The monoisotopic (exact) mass is 753 g/mol. The number of carbonyl (C=O) groups is 6. The molecule has 0 fully saturated rings. The normalized spacial score (nSPS) is 15.0. The summed E-state index contributed by atoms with van der Waals surface area (Å²) in [7, 11) is 1.24. The second-order valence-corrected chi connectivity index (χ2v) is 14.2. The minimum absolute atomic E-state index is 0.0229. The molecule has 14 heteroatoms. The number of esters is 1. The van der Waals surface area contributed by atoms with Gasteiger partial charge in [0.1, 0.15) is 30.8 Å². The number of amides is 5. The van der Waals surface area contributed by atoms with Gasteiger partial charge >= 0.3 is 12.1 Å². The average molecular weight is 754 g/mol. The molecule has 0 aliphatic rings. The van der Waals surface area contributed by atoms with E-state index in [4.69, 9.17) is 9.47 Å². The number of hydrogen-bond donors (Lipinski definition) is 6. The third-order valence-electron chi connectivity index (χ3n) is 8.98. The van der Waals surface area contributed by atoms with Gasteiger partial charge in [-0.05, 0) is 56.1 Å². The van der Waals surface area contributed by atoms with E-state index in [1.54, 1.807) is 39.8 Å². The van der Waals surface area contributed by atoms with E-state index in [1.165, 1.54) is 21.0 Å². The minimum Gasteiger partial charge on any atom is -0.467 e. The molecule has 0 saturated carbocycles. The molecule has 0 heterocycles. The van der Waals surface area contributed by atoms with Crippen molar-refractivity contribution in [1.29, 1.82) is 0 Å². The number of methoxy groups -OCH3 is 1. The fourth-order valence-electron chi connectivity index (χ4n) is 5.70. The van der Waals surface area contributed by atoms with Crippen LogP contribution in [0.4, 0.5) is 4.79 Å². The van der Waals surface area contributed by atoms with Gasteiger partial charge in [-0.2, -0.15) is 0 Å². The predicted octanol–water partition coefficient (Wildman–Crippen LogP) is 3.16. The summed E-state index contributed by atoms with van der Waals surface area (Å²) in [4.78, 5) is 77.9. The van der Waals surface area contributed by atoms with Crippen LogP contribution in [0.25, 0.3) is 0 Å². The molecule has 54 heavy (non-hydrogen) atoms. The van der Waals surface area contributed by atoms with E-state index in [1.807, 2.05) is 55.5 Å². The molecule has 2 aromatic carbocycles. The lowest BCUT2D eigenvalue weighted by Crippen LogP contribution is -2.56. The van der Waals surface area contributed by atoms with Crippen LogP contribution >= 0.6 is 0 Å². The molecular weight excluding hydrogens is 694 g/mol. The van der Waals surface area contributed by atoms with Crippen molar-refractivity contribution in [2.45, 2.75) is 117 Å². The van der Waals surface area contributed by atoms with Crippen LogP contribution in [0.1, 0.15) is 78.9 Å². The molecule has 298 valence electrons. The Morgan fingerprint density at radius 3 is 1.70 bits per heavy atom. The number of alkyl carbamates (subject to hydrolysis) is 1. The molecule has 0 aromatic heterocycles. The highest BCUT2D eigenvalue weighted by atomic mass is 16.5. The smallest absolute Gasteiger partial charge is 0.408 e. The molecule has 5 amide bonds. The van der Waals surface area contributed by atoms with Gasteiger partial charge in [-0.1, -0.05) is 102 Å². The molecule has 0 bridgehead atoms. The Labute approximate surface area is 318 Å². The second kappa shape index (κ2) is 22.9. The van der Waals surface area contributed by atoms with E-state index >= 15 is 0 Å². The molecular formula is C40H59N5O9. The van der Waals surface area contributed by atoms with E-state index < -0.39 is 77.9 Å². The largest absolute Gasteiger partial charge is 0.467 e. The van der Waals surface area contributed by atoms with Gasteiger partial charge in [0.25, 0.3) is 0 Å². The second-order valence-electron chi connectivity index (χ2n) is 14.2. The van der Waals surface area contributed by atoms with E-state index in [0.29, 0.717) is 12.8 Å². The van der Waals surface area contributed by atoms with Gasteiger partial charge in [-0.3, -0.25) is 19.2 Å². The maximum Gasteiger partial charge on any atom is 0.408 e. The van der Waals surface area contributed by atoms with E-state index in [-0.39, 0.29) is 31.3 Å². The Kier molecular flexibility index (Phi) is 19.2. The summed E-state index contributed by atoms with van der Waals surface area (Å²) in [6.45, 7) is 12.0. The Morgan fingerprint density at radius 1 is 0.648 bits per heavy atom. The number of aliphatic hydroxyl groups is 1. The van der Waals surface area contributed by atoms with Crippen molar-refractivity contribution < 1.29 is 43.3 Å². The third kappa shape index (κ3) is 15.2. The van der Waals surface area contributed by atoms with Crippen molar-refractivity contribution in [3.05, 3.63) is 71.8 Å². The Bertz CT molecular complexity index is 1510. The molecule has 2 aromatic rings. The summed E-state index contributed by atoms with van der Waals surface area (Å²) in [6.07, 6.45) is -0.809. The number of hydrogen-bond acceptors (Lipinski definition) is 9. The number of ether oxygens (including phenoxy) is 2. The van der Waals surface area contributed by atoms with Crippen LogP contribution in [0, 0.1) is 17.8 Å². The lowest BCUT2D eigenvalue weighted by atomic mass is 9.89. The predicted molar refractivity (Wildman–Crippen MR) is 203 cm³/mol. The van der Waals surface area contributed by atoms with Crippen molar-refractivity contribution in [1.82, 2.24) is 26.6 Å². The summed E-state index contributed by atoms with van der Waals surface area (Å²) in [5, 5.41) is 25.0. The van der Waals surface area contributed by atoms with Gasteiger partial charge in [0, 0.05) is 5.92 Å². The number of benzene rings is 2. The fourth-order valence-corrected chi connectivity index (χ4v) is 5.70. The number of nitrogens with one attached hydrogen (secondary N) is 5. The molecule has 2 rings (SSSR count). The zero-order valence-electron chi connectivity index (χ0n) is 32.7. The van der Waals surface area contributed by atoms with Crippen LogP contribution in [0.3, 0.4) is 0 Å². The van der Waals surface area contributed by atoms with Gasteiger partial charge in [-0.25, -0.2) is 9.59 Å². The van der Waals surface area contributed by atoms with Crippen molar-refractivity contribution >= 4 is 35.7 Å². The third-order valence-corrected chi connectivity index (χ3v) is 8.98. The van der Waals surface area contributed by atoms with Crippen LogP contribution in [0.15, 0.2) is 60.7 Å². The van der Waals surface area contributed by atoms with E-state index in [2.05, 4.69) is 26.6 Å². The van der Waals surface area contributed by atoms with Crippen molar-refractivity contribution in [2.24, 2.45) is 17.8 Å². The van der Waals surface area contributed by atoms with Crippen molar-refractivity contribution in [2.75, 3.05) is 7.11 Å². The average Bonchev–Trinajstić information content (AvgIpc) is 3.14. The zero-order valence-corrected chi connectivity index (χ0v) is 32.7. The summed E-state index contributed by atoms with van der Waals surface area (Å²) in [5.74, 6) is -4.08. The quantitative estimate of drug-likeness (QED) is 0.104. The Balaban J connectivity index is 2.13. The molecule has 0 aliphatic heterocycles. The molecule has 0 radical (unpaired) electrons. The Hall–Kier alpha value is -4.98. The van der Waals surface area contributed by atoms with Gasteiger partial charge in [-0.15, -0.1) is 0 Å². The first-order chi connectivity index (χ1) is 25.6. The topological polar surface area (TPSA) is 201 Å². The summed E-state index contributed by atoms with van der Waals surface area (Å²) in [6, 6.07) is 13.5. The van der Waals surface area contributed by atoms with E-state index in [0.717, 1.165) is 11.1 Å².